The smallest absolute Gasteiger partial charge is 0.142 e. The van der Waals surface area contributed by atoms with Crippen LogP contribution in [0, 0.1) is 0 Å². The molecule has 14 heavy (non-hydrogen) atoms. The fourth-order valence-electron chi connectivity index (χ4n) is 1.21. The predicted molar refractivity (Wildman–Crippen MR) is 53.8 cm³/mol. The lowest BCUT2D eigenvalue weighted by Gasteiger charge is -2.26. The Bertz CT molecular complexity index is 240. The van der Waals surface area contributed by atoms with Crippen molar-refractivity contribution in [2.45, 2.75) is 6.17 Å². The minimum atomic E-state index is -0.0789. The summed E-state index contributed by atoms with van der Waals surface area (Å²) in [5.41, 5.74) is 0. The normalized spacial score (nSPS) is 21.1. The molecule has 0 fully saturated rings. The summed E-state index contributed by atoms with van der Waals surface area (Å²) >= 11 is 0. The predicted octanol–water partition coefficient (Wildman–Crippen LogP) is 0.651. The van der Waals surface area contributed by atoms with Crippen LogP contribution in [0.15, 0.2) is 30.2 Å². The Kier molecular flexibility index (Phi) is 4.00. The minimum Gasteiger partial charge on any atom is -0.411 e. The number of rotatable bonds is 5. The lowest BCUT2D eigenvalue weighted by atomic mass is 10.5. The topological polar surface area (TPSA) is 48.3 Å². The molecule has 1 aliphatic heterocycles. The molecule has 1 N–H and O–H groups in total. The van der Waals surface area contributed by atoms with Gasteiger partial charge in [0.1, 0.15) is 12.9 Å². The van der Waals surface area contributed by atoms with Crippen LogP contribution in [0.5, 0.6) is 0 Å². The van der Waals surface area contributed by atoms with Crippen molar-refractivity contribution in [3.8, 4) is 0 Å². The van der Waals surface area contributed by atoms with Crippen molar-refractivity contribution in [3.05, 3.63) is 25.1 Å². The number of hydrogen-bond donors (Lipinski definition) is 1. The molecule has 1 aliphatic rings. The van der Waals surface area contributed by atoms with E-state index < -0.39 is 0 Å². The van der Waals surface area contributed by atoms with Crippen LogP contribution in [-0.4, -0.2) is 47.8 Å². The van der Waals surface area contributed by atoms with Crippen LogP contribution in [0.1, 0.15) is 0 Å². The van der Waals surface area contributed by atoms with Gasteiger partial charge >= 0.3 is 0 Å². The number of oxime groups is 1. The Morgan fingerprint density at radius 1 is 1.64 bits per heavy atom. The second-order valence-corrected chi connectivity index (χ2v) is 2.94. The second-order valence-electron chi connectivity index (χ2n) is 2.94. The van der Waals surface area contributed by atoms with E-state index in [0.717, 1.165) is 0 Å². The average molecular weight is 197 g/mol. The van der Waals surface area contributed by atoms with E-state index in [-0.39, 0.29) is 6.17 Å². The molecule has 0 aliphatic carbocycles. The number of ether oxygens (including phenoxy) is 1. The van der Waals surface area contributed by atoms with Gasteiger partial charge in [0.2, 0.25) is 0 Å². The summed E-state index contributed by atoms with van der Waals surface area (Å²) < 4.78 is 5.28. The molecule has 0 saturated carbocycles. The molecule has 0 saturated heterocycles. The molecule has 0 radical (unpaired) electrons. The van der Waals surface area contributed by atoms with Gasteiger partial charge in [0.15, 0.2) is 0 Å². The number of nitrogens with zero attached hydrogens (tertiary/aromatic N) is 3. The van der Waals surface area contributed by atoms with Crippen LogP contribution in [-0.2, 0) is 4.74 Å². The van der Waals surface area contributed by atoms with Crippen molar-refractivity contribution in [3.63, 3.8) is 0 Å². The number of hydrogen-bond acceptors (Lipinski definition) is 5. The van der Waals surface area contributed by atoms with Crippen LogP contribution in [0.3, 0.4) is 0 Å². The minimum absolute atomic E-state index is 0.0789. The summed E-state index contributed by atoms with van der Waals surface area (Å²) in [6, 6.07) is 0. The standard InChI is InChI=1S/C9H15N3O2/c1-3-6-14-8-12-5-4-11(2)9(12)7-10-13/h3-5,7,9,13H,1,6,8H2,2H3/b10-7-. The molecule has 0 bridgehead atoms. The first-order chi connectivity index (χ1) is 6.79. The van der Waals surface area contributed by atoms with Crippen LogP contribution in [0.4, 0.5) is 0 Å². The maximum absolute atomic E-state index is 8.47. The Morgan fingerprint density at radius 2 is 2.43 bits per heavy atom. The van der Waals surface area contributed by atoms with E-state index in [4.69, 9.17) is 9.94 Å². The second kappa shape index (κ2) is 5.29. The highest BCUT2D eigenvalue weighted by Crippen LogP contribution is 2.11. The molecule has 5 nitrogen and oxygen atoms in total. The summed E-state index contributed by atoms with van der Waals surface area (Å²) in [7, 11) is 1.90. The van der Waals surface area contributed by atoms with E-state index in [1.807, 2.05) is 29.2 Å². The third kappa shape index (κ3) is 2.50. The first-order valence-corrected chi connectivity index (χ1v) is 4.31. The zero-order chi connectivity index (χ0) is 10.4. The van der Waals surface area contributed by atoms with Crippen molar-refractivity contribution >= 4 is 6.21 Å². The Morgan fingerprint density at radius 3 is 3.07 bits per heavy atom. The van der Waals surface area contributed by atoms with E-state index in [1.54, 1.807) is 6.08 Å². The molecule has 0 aromatic carbocycles. The van der Waals surface area contributed by atoms with Crippen LogP contribution in [0.2, 0.25) is 0 Å². The SMILES string of the molecule is C=CCOCN1C=CN(C)C1/C=N\O. The molecule has 1 rings (SSSR count). The van der Waals surface area contributed by atoms with Crippen LogP contribution < -0.4 is 0 Å². The van der Waals surface area contributed by atoms with Gasteiger partial charge in [-0.15, -0.1) is 6.58 Å². The lowest BCUT2D eigenvalue weighted by molar-refractivity contribution is 0.0495. The highest BCUT2D eigenvalue weighted by atomic mass is 16.5. The van der Waals surface area contributed by atoms with Crippen molar-refractivity contribution < 1.29 is 9.94 Å². The van der Waals surface area contributed by atoms with Gasteiger partial charge in [-0.3, -0.25) is 0 Å². The van der Waals surface area contributed by atoms with E-state index in [2.05, 4.69) is 11.7 Å². The van der Waals surface area contributed by atoms with Crippen LogP contribution >= 0.6 is 0 Å². The Balaban J connectivity index is 2.42. The van der Waals surface area contributed by atoms with Gasteiger partial charge in [0.25, 0.3) is 0 Å². The summed E-state index contributed by atoms with van der Waals surface area (Å²) in [5, 5.41) is 11.5. The molecule has 1 unspecified atom stereocenters. The van der Waals surface area contributed by atoms with E-state index in [9.17, 15) is 0 Å². The van der Waals surface area contributed by atoms with Gasteiger partial charge in [0, 0.05) is 19.4 Å². The largest absolute Gasteiger partial charge is 0.411 e. The highest BCUT2D eigenvalue weighted by molar-refractivity contribution is 5.64. The first-order valence-electron chi connectivity index (χ1n) is 4.31. The molecule has 0 amide bonds. The zero-order valence-electron chi connectivity index (χ0n) is 8.21. The van der Waals surface area contributed by atoms with Gasteiger partial charge in [-0.1, -0.05) is 11.2 Å². The summed E-state index contributed by atoms with van der Waals surface area (Å²) in [4.78, 5) is 3.82. The molecule has 0 spiro atoms. The lowest BCUT2D eigenvalue weighted by Crippen LogP contribution is -2.39. The third-order valence-electron chi connectivity index (χ3n) is 1.93. The molecular formula is C9H15N3O2. The zero-order valence-corrected chi connectivity index (χ0v) is 8.21. The van der Waals surface area contributed by atoms with Crippen LogP contribution in [0.25, 0.3) is 0 Å². The van der Waals surface area contributed by atoms with E-state index in [1.165, 1.54) is 6.21 Å². The van der Waals surface area contributed by atoms with E-state index in [0.29, 0.717) is 13.3 Å². The van der Waals surface area contributed by atoms with Crippen molar-refractivity contribution in [1.29, 1.82) is 0 Å². The Hall–Kier alpha value is -1.49. The van der Waals surface area contributed by atoms with Crippen molar-refractivity contribution in [2.75, 3.05) is 20.4 Å². The van der Waals surface area contributed by atoms with Gasteiger partial charge in [-0.2, -0.15) is 0 Å². The van der Waals surface area contributed by atoms with Gasteiger partial charge in [0.05, 0.1) is 12.8 Å². The maximum Gasteiger partial charge on any atom is 0.142 e. The molecule has 1 heterocycles. The summed E-state index contributed by atoms with van der Waals surface area (Å²) in [6.45, 7) is 4.52. The Labute approximate surface area is 83.6 Å². The van der Waals surface area contributed by atoms with Gasteiger partial charge in [-0.05, 0) is 0 Å². The van der Waals surface area contributed by atoms with Crippen molar-refractivity contribution in [2.24, 2.45) is 5.16 Å². The molecule has 0 aromatic rings. The fourth-order valence-corrected chi connectivity index (χ4v) is 1.21. The molecule has 1 atom stereocenters. The summed E-state index contributed by atoms with van der Waals surface area (Å²) in [5.74, 6) is 0. The average Bonchev–Trinajstić information content (AvgIpc) is 2.51. The molecule has 0 aromatic heterocycles. The summed E-state index contributed by atoms with van der Waals surface area (Å²) in [6.07, 6.45) is 6.83. The highest BCUT2D eigenvalue weighted by Gasteiger charge is 2.21. The molecular weight excluding hydrogens is 182 g/mol. The monoisotopic (exact) mass is 197 g/mol. The molecule has 78 valence electrons. The van der Waals surface area contributed by atoms with Crippen molar-refractivity contribution in [1.82, 2.24) is 9.80 Å². The van der Waals surface area contributed by atoms with Gasteiger partial charge in [-0.25, -0.2) is 0 Å². The third-order valence-corrected chi connectivity index (χ3v) is 1.93. The quantitative estimate of drug-likeness (QED) is 0.231. The maximum atomic E-state index is 8.47. The first kappa shape index (κ1) is 10.6. The fraction of sp³-hybridized carbons (Fsp3) is 0.444. The van der Waals surface area contributed by atoms with Gasteiger partial charge < -0.3 is 19.7 Å². The molecule has 5 heteroatoms. The van der Waals surface area contributed by atoms with E-state index >= 15 is 0 Å².